The highest BCUT2D eigenvalue weighted by molar-refractivity contribution is 7.99. The predicted molar refractivity (Wildman–Crippen MR) is 104 cm³/mol. The highest BCUT2D eigenvalue weighted by atomic mass is 32.2. The second-order valence-electron chi connectivity index (χ2n) is 5.95. The first-order valence-electron chi connectivity index (χ1n) is 8.48. The van der Waals surface area contributed by atoms with E-state index < -0.39 is 12.2 Å². The van der Waals surface area contributed by atoms with E-state index in [1.54, 1.807) is 18.2 Å². The Hall–Kier alpha value is -3.39. The maximum absolute atomic E-state index is 11.0. The number of carbonyl (C=O) groups excluding carboxylic acids is 1. The van der Waals surface area contributed by atoms with Gasteiger partial charge in [0.2, 0.25) is 11.0 Å². The first-order valence-corrected chi connectivity index (χ1v) is 9.46. The van der Waals surface area contributed by atoms with Crippen LogP contribution < -0.4 is 15.2 Å². The van der Waals surface area contributed by atoms with Crippen LogP contribution in [0.25, 0.3) is 11.3 Å². The largest absolute Gasteiger partial charge is 0.545 e. The van der Waals surface area contributed by atoms with Crippen molar-refractivity contribution >= 4 is 23.4 Å². The molecule has 8 heteroatoms. The second kappa shape index (κ2) is 7.69. The number of fused-ring (bicyclic) bond motifs is 3. The van der Waals surface area contributed by atoms with Gasteiger partial charge in [-0.15, -0.1) is 16.8 Å². The number of para-hydroxylation sites is 1. The molecule has 1 aliphatic heterocycles. The maximum atomic E-state index is 11.0. The minimum Gasteiger partial charge on any atom is -0.545 e. The van der Waals surface area contributed by atoms with Crippen molar-refractivity contribution in [2.75, 3.05) is 11.1 Å². The molecule has 0 amide bonds. The van der Waals surface area contributed by atoms with Crippen LogP contribution >= 0.6 is 11.8 Å². The van der Waals surface area contributed by atoms with Crippen molar-refractivity contribution in [1.82, 2.24) is 15.2 Å². The molecule has 1 aromatic heterocycles. The van der Waals surface area contributed by atoms with E-state index >= 15 is 0 Å². The fourth-order valence-electron chi connectivity index (χ4n) is 2.79. The van der Waals surface area contributed by atoms with Crippen LogP contribution in [-0.4, -0.2) is 26.9 Å². The number of carbonyl (C=O) groups is 1. The molecule has 0 bridgehead atoms. The van der Waals surface area contributed by atoms with Crippen LogP contribution in [0.5, 0.6) is 5.88 Å². The Kier molecular flexibility index (Phi) is 4.94. The number of aromatic nitrogens is 3. The molecule has 7 nitrogen and oxygen atoms in total. The van der Waals surface area contributed by atoms with Crippen LogP contribution in [0.2, 0.25) is 0 Å². The van der Waals surface area contributed by atoms with Gasteiger partial charge in [0, 0.05) is 22.6 Å². The molecule has 2 heterocycles. The third kappa shape index (κ3) is 3.54. The lowest BCUT2D eigenvalue weighted by Gasteiger charge is -2.19. The summed E-state index contributed by atoms with van der Waals surface area (Å²) in [5, 5.41) is 23.3. The molecule has 0 saturated carbocycles. The Morgan fingerprint density at radius 2 is 2.00 bits per heavy atom. The highest BCUT2D eigenvalue weighted by Gasteiger charge is 2.25. The summed E-state index contributed by atoms with van der Waals surface area (Å²) in [6.45, 7) is 3.69. The summed E-state index contributed by atoms with van der Waals surface area (Å²) in [6.07, 6.45) is 1.19. The van der Waals surface area contributed by atoms with Gasteiger partial charge in [-0.05, 0) is 11.6 Å². The number of anilines is 1. The van der Waals surface area contributed by atoms with Gasteiger partial charge in [-0.25, -0.2) is 0 Å². The molecule has 1 aliphatic rings. The van der Waals surface area contributed by atoms with Gasteiger partial charge in [-0.2, -0.15) is 4.98 Å². The Bertz CT molecular complexity index is 1040. The molecule has 3 aromatic rings. The topological polar surface area (TPSA) is 100 Å². The molecule has 140 valence electrons. The number of benzene rings is 2. The number of hydrogen-bond acceptors (Lipinski definition) is 8. The number of carboxylic acids is 1. The fraction of sp³-hybridized carbons (Fsp3) is 0.100. The van der Waals surface area contributed by atoms with E-state index in [9.17, 15) is 9.90 Å². The van der Waals surface area contributed by atoms with Crippen molar-refractivity contribution in [3.8, 4) is 17.1 Å². The Morgan fingerprint density at radius 3 is 2.75 bits per heavy atom. The number of aromatic carboxylic acids is 1. The van der Waals surface area contributed by atoms with Gasteiger partial charge in [-0.3, -0.25) is 0 Å². The lowest BCUT2D eigenvalue weighted by atomic mass is 10.1. The zero-order chi connectivity index (χ0) is 19.5. The lowest BCUT2D eigenvalue weighted by Crippen LogP contribution is -2.22. The zero-order valence-electron chi connectivity index (χ0n) is 14.7. The summed E-state index contributed by atoms with van der Waals surface area (Å²) in [4.78, 5) is 15.5. The number of rotatable bonds is 5. The third-order valence-electron chi connectivity index (χ3n) is 4.11. The molecule has 0 saturated heterocycles. The van der Waals surface area contributed by atoms with E-state index in [1.165, 1.54) is 23.9 Å². The van der Waals surface area contributed by atoms with E-state index in [2.05, 4.69) is 27.1 Å². The molecular weight excluding hydrogens is 376 g/mol. The highest BCUT2D eigenvalue weighted by Crippen LogP contribution is 2.39. The van der Waals surface area contributed by atoms with E-state index in [1.807, 2.05) is 24.3 Å². The first-order chi connectivity index (χ1) is 13.7. The van der Waals surface area contributed by atoms with Crippen LogP contribution in [-0.2, 0) is 0 Å². The van der Waals surface area contributed by atoms with Crippen molar-refractivity contribution in [1.29, 1.82) is 0 Å². The van der Waals surface area contributed by atoms with Crippen molar-refractivity contribution in [3.63, 3.8) is 0 Å². The van der Waals surface area contributed by atoms with Gasteiger partial charge in [0.05, 0.1) is 5.97 Å². The molecule has 0 spiro atoms. The molecule has 28 heavy (non-hydrogen) atoms. The Balaban J connectivity index is 1.76. The summed E-state index contributed by atoms with van der Waals surface area (Å²) in [5.41, 5.74) is 3.03. The van der Waals surface area contributed by atoms with Crippen LogP contribution in [0.1, 0.15) is 22.1 Å². The Morgan fingerprint density at radius 1 is 1.21 bits per heavy atom. The van der Waals surface area contributed by atoms with Crippen molar-refractivity contribution in [2.24, 2.45) is 0 Å². The summed E-state index contributed by atoms with van der Waals surface area (Å²) in [5.74, 6) is -0.213. The zero-order valence-corrected chi connectivity index (χ0v) is 15.5. The monoisotopic (exact) mass is 391 g/mol. The molecule has 1 atom stereocenters. The number of thioether (sulfide) groups is 1. The van der Waals surface area contributed by atoms with Crippen LogP contribution in [0.4, 0.5) is 5.69 Å². The van der Waals surface area contributed by atoms with Crippen LogP contribution in [0.15, 0.2) is 66.3 Å². The van der Waals surface area contributed by atoms with Gasteiger partial charge < -0.3 is 20.0 Å². The molecule has 2 aromatic carbocycles. The van der Waals surface area contributed by atoms with Crippen molar-refractivity contribution in [3.05, 3.63) is 72.3 Å². The van der Waals surface area contributed by atoms with Crippen molar-refractivity contribution < 1.29 is 14.6 Å². The molecule has 0 fully saturated rings. The molecule has 0 radical (unpaired) electrons. The maximum Gasteiger partial charge on any atom is 0.247 e. The SMILES string of the molecule is C=CCSc1nnc2c(n1)O[C@H](c1ccc(C(=O)[O-])cc1)Nc1ccccc1-2. The molecule has 0 unspecified atom stereocenters. The standard InChI is InChI=1S/C20H16N4O3S/c1-2-11-28-20-22-18-16(23-24-20)14-5-3-4-6-15(14)21-17(27-18)12-7-9-13(10-8-12)19(25)26/h2-10,17,21H,1,11H2,(H,25,26)/p-1/t17-/m1/s1. The number of ether oxygens (including phenoxy) is 1. The van der Waals surface area contributed by atoms with Gasteiger partial charge in [0.1, 0.15) is 0 Å². The number of nitrogens with one attached hydrogen (secondary N) is 1. The average molecular weight is 391 g/mol. The van der Waals surface area contributed by atoms with E-state index in [0.717, 1.165) is 16.8 Å². The first kappa shape index (κ1) is 18.0. The third-order valence-corrected chi connectivity index (χ3v) is 4.95. The smallest absolute Gasteiger partial charge is 0.247 e. The van der Waals surface area contributed by atoms with E-state index in [0.29, 0.717) is 22.5 Å². The second-order valence-corrected chi connectivity index (χ2v) is 6.93. The summed E-state index contributed by atoms with van der Waals surface area (Å²) < 4.78 is 6.12. The normalized spacial score (nSPS) is 14.6. The van der Waals surface area contributed by atoms with Gasteiger partial charge >= 0.3 is 0 Å². The van der Waals surface area contributed by atoms with Crippen LogP contribution in [0.3, 0.4) is 0 Å². The summed E-state index contributed by atoms with van der Waals surface area (Å²) in [6, 6.07) is 14.0. The van der Waals surface area contributed by atoms with Crippen molar-refractivity contribution in [2.45, 2.75) is 11.4 Å². The van der Waals surface area contributed by atoms with E-state index in [4.69, 9.17) is 4.74 Å². The number of hydrogen-bond donors (Lipinski definition) is 1. The van der Waals surface area contributed by atoms with Crippen LogP contribution in [0, 0.1) is 0 Å². The molecular formula is C20H15N4O3S-. The van der Waals surface area contributed by atoms with Gasteiger partial charge in [0.25, 0.3) is 0 Å². The lowest BCUT2D eigenvalue weighted by molar-refractivity contribution is -0.255. The van der Waals surface area contributed by atoms with Gasteiger partial charge in [-0.1, -0.05) is 60.3 Å². The quantitative estimate of drug-likeness (QED) is 0.523. The minimum atomic E-state index is -1.22. The number of nitrogens with zero attached hydrogens (tertiary/aromatic N) is 3. The Labute approximate surface area is 165 Å². The summed E-state index contributed by atoms with van der Waals surface area (Å²) in [7, 11) is 0. The molecule has 1 N–H and O–H groups in total. The van der Waals surface area contributed by atoms with Gasteiger partial charge in [0.15, 0.2) is 11.9 Å². The molecule has 4 rings (SSSR count). The predicted octanol–water partition coefficient (Wildman–Crippen LogP) is 2.68. The summed E-state index contributed by atoms with van der Waals surface area (Å²) >= 11 is 1.41. The van der Waals surface area contributed by atoms with E-state index in [-0.39, 0.29) is 5.56 Å². The number of carboxylic acid groups (broad SMARTS) is 1. The fourth-order valence-corrected chi connectivity index (χ4v) is 3.30. The molecule has 0 aliphatic carbocycles. The minimum absolute atomic E-state index is 0.102. The average Bonchev–Trinajstić information content (AvgIpc) is 2.88.